The third-order valence-corrected chi connectivity index (χ3v) is 2.74. The summed E-state index contributed by atoms with van der Waals surface area (Å²) in [5.74, 6) is 1.52. The van der Waals surface area contributed by atoms with Gasteiger partial charge in [-0.25, -0.2) is 9.97 Å². The topological polar surface area (TPSA) is 75.9 Å². The molecular formula is C14H19N5. The zero-order valence-corrected chi connectivity index (χ0v) is 11.2. The highest BCUT2D eigenvalue weighted by Gasteiger charge is 2.02. The fraction of sp³-hybridized carbons (Fsp3) is 0.286. The van der Waals surface area contributed by atoms with Crippen LogP contribution in [0.1, 0.15) is 12.5 Å². The molecule has 2 aromatic rings. The molecule has 2 rings (SSSR count). The Bertz CT molecular complexity index is 524. The second kappa shape index (κ2) is 6.15. The molecule has 0 fully saturated rings. The highest BCUT2D eigenvalue weighted by atomic mass is 15.1. The van der Waals surface area contributed by atoms with E-state index in [0.29, 0.717) is 6.54 Å². The highest BCUT2D eigenvalue weighted by molar-refractivity contribution is 5.59. The zero-order valence-electron chi connectivity index (χ0n) is 11.2. The molecule has 100 valence electrons. The predicted octanol–water partition coefficient (Wildman–Crippen LogP) is 2.29. The van der Waals surface area contributed by atoms with E-state index in [-0.39, 0.29) is 6.04 Å². The average Bonchev–Trinajstić information content (AvgIpc) is 2.42. The first-order chi connectivity index (χ1) is 9.17. The van der Waals surface area contributed by atoms with E-state index in [1.165, 1.54) is 11.9 Å². The minimum Gasteiger partial charge on any atom is -0.366 e. The van der Waals surface area contributed by atoms with Gasteiger partial charge in [-0.05, 0) is 26.0 Å². The van der Waals surface area contributed by atoms with Gasteiger partial charge in [0.05, 0.1) is 0 Å². The van der Waals surface area contributed by atoms with Crippen molar-refractivity contribution in [1.82, 2.24) is 9.97 Å². The number of nitrogens with zero attached hydrogens (tertiary/aromatic N) is 2. The Hall–Kier alpha value is -2.14. The van der Waals surface area contributed by atoms with Crippen molar-refractivity contribution in [2.75, 3.05) is 17.2 Å². The first-order valence-electron chi connectivity index (χ1n) is 6.29. The third kappa shape index (κ3) is 3.93. The van der Waals surface area contributed by atoms with Crippen LogP contribution < -0.4 is 16.4 Å². The second-order valence-corrected chi connectivity index (χ2v) is 4.56. The molecule has 1 heterocycles. The van der Waals surface area contributed by atoms with Crippen molar-refractivity contribution in [2.45, 2.75) is 19.9 Å². The first kappa shape index (κ1) is 13.3. The lowest BCUT2D eigenvalue weighted by Crippen LogP contribution is -2.25. The Kier molecular flexibility index (Phi) is 4.30. The molecule has 0 saturated carbocycles. The number of nitrogens with two attached hydrogens (primary N) is 1. The van der Waals surface area contributed by atoms with E-state index in [4.69, 9.17) is 5.73 Å². The van der Waals surface area contributed by atoms with Gasteiger partial charge in [-0.15, -0.1) is 0 Å². The van der Waals surface area contributed by atoms with Crippen LogP contribution in [0.5, 0.6) is 0 Å². The first-order valence-corrected chi connectivity index (χ1v) is 6.29. The maximum atomic E-state index is 5.57. The standard InChI is InChI=1S/C14H19N5/c1-10-3-5-12(6-4-10)19-14-7-13(16-9-17-14)18-11(2)8-15/h3-7,9,11H,8,15H2,1-2H3,(H2,16,17,18,19). The SMILES string of the molecule is Cc1ccc(Nc2cc(NC(C)CN)ncn2)cc1. The van der Waals surface area contributed by atoms with Gasteiger partial charge in [-0.1, -0.05) is 17.7 Å². The molecule has 4 N–H and O–H groups in total. The van der Waals surface area contributed by atoms with Crippen molar-refractivity contribution in [2.24, 2.45) is 5.73 Å². The Morgan fingerprint density at radius 1 is 1.16 bits per heavy atom. The van der Waals surface area contributed by atoms with Crippen LogP contribution in [0.4, 0.5) is 17.3 Å². The number of anilines is 3. The van der Waals surface area contributed by atoms with Crippen molar-refractivity contribution >= 4 is 17.3 Å². The molecule has 0 radical (unpaired) electrons. The molecule has 5 nitrogen and oxygen atoms in total. The monoisotopic (exact) mass is 257 g/mol. The predicted molar refractivity (Wildman–Crippen MR) is 78.6 cm³/mol. The largest absolute Gasteiger partial charge is 0.366 e. The van der Waals surface area contributed by atoms with Crippen molar-refractivity contribution in [3.05, 3.63) is 42.2 Å². The molecule has 0 saturated heterocycles. The van der Waals surface area contributed by atoms with E-state index in [9.17, 15) is 0 Å². The summed E-state index contributed by atoms with van der Waals surface area (Å²) >= 11 is 0. The molecule has 0 aliphatic carbocycles. The molecule has 0 aliphatic heterocycles. The van der Waals surface area contributed by atoms with Gasteiger partial charge in [-0.3, -0.25) is 0 Å². The van der Waals surface area contributed by atoms with Gasteiger partial charge in [0, 0.05) is 24.3 Å². The van der Waals surface area contributed by atoms with Gasteiger partial charge < -0.3 is 16.4 Å². The molecule has 1 aromatic heterocycles. The van der Waals surface area contributed by atoms with Crippen LogP contribution in [-0.4, -0.2) is 22.6 Å². The molecule has 0 amide bonds. The zero-order chi connectivity index (χ0) is 13.7. The number of hydrogen-bond acceptors (Lipinski definition) is 5. The minimum atomic E-state index is 0.183. The van der Waals surface area contributed by atoms with Gasteiger partial charge in [0.15, 0.2) is 0 Å². The second-order valence-electron chi connectivity index (χ2n) is 4.56. The van der Waals surface area contributed by atoms with E-state index in [2.05, 4.69) is 39.7 Å². The van der Waals surface area contributed by atoms with Crippen molar-refractivity contribution in [3.63, 3.8) is 0 Å². The smallest absolute Gasteiger partial charge is 0.135 e. The Morgan fingerprint density at radius 2 is 1.84 bits per heavy atom. The number of aromatic nitrogens is 2. The molecule has 5 heteroatoms. The van der Waals surface area contributed by atoms with Crippen LogP contribution in [-0.2, 0) is 0 Å². The summed E-state index contributed by atoms with van der Waals surface area (Å²) in [6.45, 7) is 4.63. The molecule has 1 aromatic carbocycles. The van der Waals surface area contributed by atoms with Crippen molar-refractivity contribution in [3.8, 4) is 0 Å². The van der Waals surface area contributed by atoms with Crippen LogP contribution in [0.15, 0.2) is 36.7 Å². The molecule has 0 spiro atoms. The molecule has 0 aliphatic rings. The van der Waals surface area contributed by atoms with Gasteiger partial charge in [0.2, 0.25) is 0 Å². The number of benzene rings is 1. The van der Waals surface area contributed by atoms with E-state index < -0.39 is 0 Å². The summed E-state index contributed by atoms with van der Waals surface area (Å²) in [6, 6.07) is 10.2. The van der Waals surface area contributed by atoms with E-state index in [1.54, 1.807) is 0 Å². The maximum Gasteiger partial charge on any atom is 0.135 e. The number of nitrogens with one attached hydrogen (secondary N) is 2. The fourth-order valence-corrected chi connectivity index (χ4v) is 1.60. The van der Waals surface area contributed by atoms with Gasteiger partial charge in [0.1, 0.15) is 18.0 Å². The summed E-state index contributed by atoms with van der Waals surface area (Å²) in [5.41, 5.74) is 7.81. The molecule has 19 heavy (non-hydrogen) atoms. The highest BCUT2D eigenvalue weighted by Crippen LogP contribution is 2.16. The van der Waals surface area contributed by atoms with E-state index in [1.807, 2.05) is 25.1 Å². The van der Waals surface area contributed by atoms with Crippen LogP contribution in [0.3, 0.4) is 0 Å². The van der Waals surface area contributed by atoms with Crippen LogP contribution >= 0.6 is 0 Å². The van der Waals surface area contributed by atoms with Crippen LogP contribution in [0, 0.1) is 6.92 Å². The Balaban J connectivity index is 2.08. The van der Waals surface area contributed by atoms with Crippen molar-refractivity contribution in [1.29, 1.82) is 0 Å². The third-order valence-electron chi connectivity index (χ3n) is 2.74. The Morgan fingerprint density at radius 3 is 2.53 bits per heavy atom. The van der Waals surface area contributed by atoms with E-state index in [0.717, 1.165) is 17.3 Å². The molecule has 1 atom stereocenters. The number of hydrogen-bond donors (Lipinski definition) is 3. The summed E-state index contributed by atoms with van der Waals surface area (Å²) in [7, 11) is 0. The summed E-state index contributed by atoms with van der Waals surface area (Å²) < 4.78 is 0. The summed E-state index contributed by atoms with van der Waals surface area (Å²) in [4.78, 5) is 8.36. The molecular weight excluding hydrogens is 238 g/mol. The van der Waals surface area contributed by atoms with Gasteiger partial charge in [-0.2, -0.15) is 0 Å². The van der Waals surface area contributed by atoms with Crippen molar-refractivity contribution < 1.29 is 0 Å². The van der Waals surface area contributed by atoms with Gasteiger partial charge >= 0.3 is 0 Å². The van der Waals surface area contributed by atoms with Crippen LogP contribution in [0.25, 0.3) is 0 Å². The summed E-state index contributed by atoms with van der Waals surface area (Å²) in [6.07, 6.45) is 1.53. The maximum absolute atomic E-state index is 5.57. The van der Waals surface area contributed by atoms with E-state index >= 15 is 0 Å². The van der Waals surface area contributed by atoms with Crippen LogP contribution in [0.2, 0.25) is 0 Å². The number of rotatable bonds is 5. The lowest BCUT2D eigenvalue weighted by atomic mass is 10.2. The Labute approximate surface area is 113 Å². The lowest BCUT2D eigenvalue weighted by molar-refractivity contribution is 0.797. The molecule has 1 unspecified atom stereocenters. The minimum absolute atomic E-state index is 0.183. The molecule has 0 bridgehead atoms. The fourth-order valence-electron chi connectivity index (χ4n) is 1.60. The quantitative estimate of drug-likeness (QED) is 0.766. The number of aryl methyl sites for hydroxylation is 1. The summed E-state index contributed by atoms with van der Waals surface area (Å²) in [5, 5.41) is 6.45. The average molecular weight is 257 g/mol. The van der Waals surface area contributed by atoms with Gasteiger partial charge in [0.25, 0.3) is 0 Å². The normalized spacial score (nSPS) is 11.9. The lowest BCUT2D eigenvalue weighted by Gasteiger charge is -2.12.